The second kappa shape index (κ2) is 3.34. The number of benzene rings is 1. The van der Waals surface area contributed by atoms with Crippen LogP contribution in [0.5, 0.6) is 0 Å². The summed E-state index contributed by atoms with van der Waals surface area (Å²) in [6.07, 6.45) is 1.94. The van der Waals surface area contributed by atoms with Crippen LogP contribution in [0.3, 0.4) is 0 Å². The molecule has 0 saturated heterocycles. The van der Waals surface area contributed by atoms with Gasteiger partial charge in [-0.25, -0.2) is 0 Å². The standard InChI is InChI=1S/C10H9BrN2/c1-13-7-6-10(12-13)8-4-2-3-5-9(8)11/h2-7H,1H3. The molecule has 0 amide bonds. The topological polar surface area (TPSA) is 17.8 Å². The SMILES string of the molecule is Cn1ccc(-c2ccccc2Br)n1. The Kier molecular flexibility index (Phi) is 2.19. The lowest BCUT2D eigenvalue weighted by Crippen LogP contribution is -1.88. The first kappa shape index (κ1) is 8.51. The number of aromatic nitrogens is 2. The van der Waals surface area contributed by atoms with Gasteiger partial charge in [-0.2, -0.15) is 5.10 Å². The van der Waals surface area contributed by atoms with Crippen molar-refractivity contribution >= 4 is 15.9 Å². The summed E-state index contributed by atoms with van der Waals surface area (Å²) in [6, 6.07) is 10.1. The van der Waals surface area contributed by atoms with Crippen molar-refractivity contribution in [3.05, 3.63) is 41.0 Å². The van der Waals surface area contributed by atoms with Gasteiger partial charge in [0.05, 0.1) is 5.69 Å². The summed E-state index contributed by atoms with van der Waals surface area (Å²) in [4.78, 5) is 0. The van der Waals surface area contributed by atoms with Crippen molar-refractivity contribution < 1.29 is 0 Å². The van der Waals surface area contributed by atoms with E-state index in [9.17, 15) is 0 Å². The molecule has 0 spiro atoms. The average molecular weight is 237 g/mol. The molecule has 0 saturated carbocycles. The molecule has 3 heteroatoms. The molecule has 0 N–H and O–H groups in total. The lowest BCUT2D eigenvalue weighted by molar-refractivity contribution is 0.771. The van der Waals surface area contributed by atoms with Crippen molar-refractivity contribution in [2.75, 3.05) is 0 Å². The van der Waals surface area contributed by atoms with E-state index in [2.05, 4.69) is 21.0 Å². The van der Waals surface area contributed by atoms with Gasteiger partial charge in [-0.05, 0) is 12.1 Å². The van der Waals surface area contributed by atoms with Crippen LogP contribution in [-0.4, -0.2) is 9.78 Å². The van der Waals surface area contributed by atoms with Crippen LogP contribution in [0.4, 0.5) is 0 Å². The first-order chi connectivity index (χ1) is 6.27. The van der Waals surface area contributed by atoms with Crippen LogP contribution in [0.2, 0.25) is 0 Å². The highest BCUT2D eigenvalue weighted by atomic mass is 79.9. The molecule has 66 valence electrons. The molecule has 0 aliphatic carbocycles. The molecule has 2 aromatic rings. The quantitative estimate of drug-likeness (QED) is 0.745. The molecule has 1 heterocycles. The van der Waals surface area contributed by atoms with Crippen molar-refractivity contribution in [1.29, 1.82) is 0 Å². The second-order valence-electron chi connectivity index (χ2n) is 2.85. The van der Waals surface area contributed by atoms with Gasteiger partial charge in [0.2, 0.25) is 0 Å². The van der Waals surface area contributed by atoms with Crippen molar-refractivity contribution in [3.63, 3.8) is 0 Å². The summed E-state index contributed by atoms with van der Waals surface area (Å²) in [5.74, 6) is 0. The summed E-state index contributed by atoms with van der Waals surface area (Å²) in [5.41, 5.74) is 2.12. The first-order valence-corrected chi connectivity index (χ1v) is 4.81. The molecule has 13 heavy (non-hydrogen) atoms. The van der Waals surface area contributed by atoms with E-state index in [1.165, 1.54) is 0 Å². The van der Waals surface area contributed by atoms with Gasteiger partial charge in [0, 0.05) is 23.3 Å². The third-order valence-corrected chi connectivity index (χ3v) is 2.55. The zero-order valence-electron chi connectivity index (χ0n) is 7.24. The Morgan fingerprint density at radius 3 is 2.62 bits per heavy atom. The Hall–Kier alpha value is -1.09. The number of rotatable bonds is 1. The maximum Gasteiger partial charge on any atom is 0.0934 e. The molecule has 1 aromatic carbocycles. The Bertz CT molecular complexity index is 420. The van der Waals surface area contributed by atoms with Crippen molar-refractivity contribution in [2.24, 2.45) is 7.05 Å². The van der Waals surface area contributed by atoms with Crippen molar-refractivity contribution in [3.8, 4) is 11.3 Å². The van der Waals surface area contributed by atoms with Crippen LogP contribution in [-0.2, 0) is 7.05 Å². The highest BCUT2D eigenvalue weighted by Crippen LogP contribution is 2.25. The summed E-state index contributed by atoms with van der Waals surface area (Å²) < 4.78 is 2.88. The smallest absolute Gasteiger partial charge is 0.0934 e. The van der Waals surface area contributed by atoms with Crippen molar-refractivity contribution in [1.82, 2.24) is 9.78 Å². The monoisotopic (exact) mass is 236 g/mol. The Morgan fingerprint density at radius 1 is 1.23 bits per heavy atom. The predicted octanol–water partition coefficient (Wildman–Crippen LogP) is 2.85. The maximum atomic E-state index is 4.33. The molecule has 0 unspecified atom stereocenters. The molecule has 1 aromatic heterocycles. The molecule has 0 aliphatic rings. The molecule has 2 nitrogen and oxygen atoms in total. The lowest BCUT2D eigenvalue weighted by atomic mass is 10.2. The van der Waals surface area contributed by atoms with Crippen LogP contribution >= 0.6 is 15.9 Å². The zero-order valence-corrected chi connectivity index (χ0v) is 8.82. The van der Waals surface area contributed by atoms with E-state index in [-0.39, 0.29) is 0 Å². The van der Waals surface area contributed by atoms with Gasteiger partial charge >= 0.3 is 0 Å². The van der Waals surface area contributed by atoms with Gasteiger partial charge < -0.3 is 0 Å². The Balaban J connectivity index is 2.52. The van der Waals surface area contributed by atoms with E-state index >= 15 is 0 Å². The van der Waals surface area contributed by atoms with Crippen LogP contribution in [0, 0.1) is 0 Å². The van der Waals surface area contributed by atoms with Crippen molar-refractivity contribution in [2.45, 2.75) is 0 Å². The summed E-state index contributed by atoms with van der Waals surface area (Å²) in [6.45, 7) is 0. The maximum absolute atomic E-state index is 4.33. The highest BCUT2D eigenvalue weighted by Gasteiger charge is 2.03. The van der Waals surface area contributed by atoms with Crippen LogP contribution in [0.25, 0.3) is 11.3 Å². The molecule has 0 bridgehead atoms. The van der Waals surface area contributed by atoms with E-state index < -0.39 is 0 Å². The fourth-order valence-corrected chi connectivity index (χ4v) is 1.72. The molecule has 0 fully saturated rings. The Labute approximate surface area is 85.3 Å². The van der Waals surface area contributed by atoms with E-state index in [4.69, 9.17) is 0 Å². The molecule has 0 aliphatic heterocycles. The van der Waals surface area contributed by atoms with Crippen LogP contribution in [0.1, 0.15) is 0 Å². The van der Waals surface area contributed by atoms with E-state index in [0.717, 1.165) is 15.7 Å². The Morgan fingerprint density at radius 2 is 2.00 bits per heavy atom. The predicted molar refractivity (Wildman–Crippen MR) is 56.3 cm³/mol. The van der Waals surface area contributed by atoms with Gasteiger partial charge in [-0.1, -0.05) is 34.1 Å². The number of aryl methyl sites for hydroxylation is 1. The third kappa shape index (κ3) is 1.65. The van der Waals surface area contributed by atoms with E-state index in [1.807, 2.05) is 43.6 Å². The normalized spacial score (nSPS) is 10.3. The zero-order chi connectivity index (χ0) is 9.26. The van der Waals surface area contributed by atoms with E-state index in [1.54, 1.807) is 4.68 Å². The van der Waals surface area contributed by atoms with Gasteiger partial charge in [0.25, 0.3) is 0 Å². The summed E-state index contributed by atoms with van der Waals surface area (Å²) in [7, 11) is 1.92. The first-order valence-electron chi connectivity index (χ1n) is 4.02. The molecular formula is C10H9BrN2. The fourth-order valence-electron chi connectivity index (χ4n) is 1.23. The minimum atomic E-state index is 0.995. The van der Waals surface area contributed by atoms with Gasteiger partial charge in [0.1, 0.15) is 0 Å². The number of hydrogen-bond acceptors (Lipinski definition) is 1. The number of hydrogen-bond donors (Lipinski definition) is 0. The highest BCUT2D eigenvalue weighted by molar-refractivity contribution is 9.10. The lowest BCUT2D eigenvalue weighted by Gasteiger charge is -1.98. The molecule has 0 radical (unpaired) electrons. The molecule has 2 rings (SSSR count). The summed E-state index contributed by atoms with van der Waals surface area (Å²) in [5, 5.41) is 4.33. The van der Waals surface area contributed by atoms with Gasteiger partial charge in [0.15, 0.2) is 0 Å². The largest absolute Gasteiger partial charge is 0.275 e. The molecule has 0 atom stereocenters. The van der Waals surface area contributed by atoms with Crippen LogP contribution in [0.15, 0.2) is 41.0 Å². The average Bonchev–Trinajstić information content (AvgIpc) is 2.53. The minimum absolute atomic E-state index is 0.995. The third-order valence-electron chi connectivity index (χ3n) is 1.86. The summed E-state index contributed by atoms with van der Waals surface area (Å²) >= 11 is 3.49. The minimum Gasteiger partial charge on any atom is -0.275 e. The number of halogens is 1. The second-order valence-corrected chi connectivity index (χ2v) is 3.71. The van der Waals surface area contributed by atoms with Gasteiger partial charge in [-0.3, -0.25) is 4.68 Å². The molecular weight excluding hydrogens is 228 g/mol. The fraction of sp³-hybridized carbons (Fsp3) is 0.100. The van der Waals surface area contributed by atoms with E-state index in [0.29, 0.717) is 0 Å². The number of nitrogens with zero attached hydrogens (tertiary/aromatic N) is 2. The van der Waals surface area contributed by atoms with Crippen LogP contribution < -0.4 is 0 Å². The van der Waals surface area contributed by atoms with Gasteiger partial charge in [-0.15, -0.1) is 0 Å².